The van der Waals surface area contributed by atoms with E-state index >= 15 is 0 Å². The second-order valence-electron chi connectivity index (χ2n) is 3.28. The van der Waals surface area contributed by atoms with Crippen LogP contribution >= 0.6 is 0 Å². The van der Waals surface area contributed by atoms with Gasteiger partial charge in [-0.1, -0.05) is 0 Å². The van der Waals surface area contributed by atoms with Crippen molar-refractivity contribution >= 4 is 15.8 Å². The van der Waals surface area contributed by atoms with E-state index in [4.69, 9.17) is 5.84 Å². The summed E-state index contributed by atoms with van der Waals surface area (Å²) in [5, 5.41) is 0. The molecule has 18 heavy (non-hydrogen) atoms. The van der Waals surface area contributed by atoms with E-state index in [0.29, 0.717) is 0 Å². The summed E-state index contributed by atoms with van der Waals surface area (Å²) >= 11 is 0. The molecule has 102 valence electrons. The van der Waals surface area contributed by atoms with Crippen molar-refractivity contribution in [3.8, 4) is 0 Å². The number of rotatable bonds is 5. The van der Waals surface area contributed by atoms with Crippen molar-refractivity contribution in [2.75, 3.05) is 12.0 Å². The van der Waals surface area contributed by atoms with E-state index in [1.165, 1.54) is 6.20 Å². The first kappa shape index (κ1) is 14.7. The van der Waals surface area contributed by atoms with E-state index in [9.17, 15) is 21.6 Å². The van der Waals surface area contributed by atoms with Crippen LogP contribution in [0.4, 0.5) is 19.0 Å². The molecule has 1 aromatic rings. The highest BCUT2D eigenvalue weighted by molar-refractivity contribution is 7.89. The molecule has 0 aliphatic heterocycles. The molecule has 1 aromatic heterocycles. The minimum absolute atomic E-state index is 0.0914. The molecule has 0 amide bonds. The Hall–Kier alpha value is -1.39. The number of sulfonamides is 1. The topological polar surface area (TPSA) is 97.1 Å². The van der Waals surface area contributed by atoms with Gasteiger partial charge in [-0.3, -0.25) is 0 Å². The summed E-state index contributed by atoms with van der Waals surface area (Å²) in [7, 11) is -4.00. The molecule has 0 unspecified atom stereocenters. The minimum atomic E-state index is -4.41. The summed E-state index contributed by atoms with van der Waals surface area (Å²) in [6.45, 7) is -0.723. The molecule has 0 aliphatic carbocycles. The molecule has 0 radical (unpaired) electrons. The molecule has 1 rings (SSSR count). The van der Waals surface area contributed by atoms with Gasteiger partial charge in [-0.05, 0) is 6.07 Å². The Morgan fingerprint density at radius 2 is 2.06 bits per heavy atom. The lowest BCUT2D eigenvalue weighted by molar-refractivity contribution is -0.132. The lowest BCUT2D eigenvalue weighted by atomic mass is 10.4. The van der Waals surface area contributed by atoms with Crippen LogP contribution in [0, 0.1) is 0 Å². The van der Waals surface area contributed by atoms with Crippen LogP contribution in [-0.2, 0) is 10.0 Å². The Kier molecular flexibility index (Phi) is 4.48. The maximum atomic E-state index is 11.9. The monoisotopic (exact) mass is 284 g/mol. The second-order valence-corrected chi connectivity index (χ2v) is 5.05. The van der Waals surface area contributed by atoms with Crippen molar-refractivity contribution < 1.29 is 21.6 Å². The largest absolute Gasteiger partial charge is 0.390 e. The Morgan fingerprint density at radius 3 is 2.61 bits per heavy atom. The fourth-order valence-corrected chi connectivity index (χ4v) is 2.11. The highest BCUT2D eigenvalue weighted by Gasteiger charge is 2.27. The Balaban J connectivity index is 2.74. The molecule has 0 saturated heterocycles. The first-order valence-corrected chi connectivity index (χ1v) is 6.22. The maximum Gasteiger partial charge on any atom is 0.390 e. The molecule has 6 nitrogen and oxygen atoms in total. The number of halogens is 3. The normalized spacial score (nSPS) is 12.4. The van der Waals surface area contributed by atoms with E-state index in [1.54, 1.807) is 0 Å². The summed E-state index contributed by atoms with van der Waals surface area (Å²) in [5.41, 5.74) is 2.14. The number of nitrogens with two attached hydrogens (primary N) is 1. The van der Waals surface area contributed by atoms with E-state index in [-0.39, 0.29) is 10.7 Å². The zero-order chi connectivity index (χ0) is 13.8. The van der Waals surface area contributed by atoms with Crippen LogP contribution in [0.25, 0.3) is 0 Å². The van der Waals surface area contributed by atoms with Crippen LogP contribution in [-0.4, -0.2) is 26.1 Å². The molecule has 4 N–H and O–H groups in total. The molecule has 0 aliphatic rings. The molecule has 0 fully saturated rings. The molecule has 0 atom stereocenters. The van der Waals surface area contributed by atoms with Gasteiger partial charge in [0.2, 0.25) is 10.0 Å². The van der Waals surface area contributed by atoms with Crippen LogP contribution in [0.5, 0.6) is 0 Å². The number of hydrazine groups is 1. The van der Waals surface area contributed by atoms with Crippen LogP contribution in [0.3, 0.4) is 0 Å². The zero-order valence-corrected chi connectivity index (χ0v) is 9.85. The lowest BCUT2D eigenvalue weighted by Gasteiger charge is -2.09. The summed E-state index contributed by atoms with van der Waals surface area (Å²) in [5.74, 6) is 5.13. The van der Waals surface area contributed by atoms with E-state index in [1.807, 2.05) is 4.72 Å². The highest BCUT2D eigenvalue weighted by Crippen LogP contribution is 2.19. The van der Waals surface area contributed by atoms with Crippen LogP contribution in [0.15, 0.2) is 23.2 Å². The molecular formula is C8H11F3N4O2S. The predicted molar refractivity (Wildman–Crippen MR) is 57.9 cm³/mol. The van der Waals surface area contributed by atoms with E-state index in [2.05, 4.69) is 10.4 Å². The number of nitrogens with one attached hydrogen (secondary N) is 2. The van der Waals surface area contributed by atoms with Crippen LogP contribution in [0.2, 0.25) is 0 Å². The third kappa shape index (κ3) is 4.47. The number of pyridine rings is 1. The Labute approximate surface area is 101 Å². The van der Waals surface area contributed by atoms with Gasteiger partial charge in [0.05, 0.1) is 11.3 Å². The van der Waals surface area contributed by atoms with Crippen molar-refractivity contribution in [1.29, 1.82) is 0 Å². The number of nitrogens with zero attached hydrogens (tertiary/aromatic N) is 1. The molecule has 0 saturated carbocycles. The van der Waals surface area contributed by atoms with Gasteiger partial charge in [-0.25, -0.2) is 24.0 Å². The average Bonchev–Trinajstić information content (AvgIpc) is 2.27. The third-order valence-corrected chi connectivity index (χ3v) is 3.35. The third-order valence-electron chi connectivity index (χ3n) is 1.89. The maximum absolute atomic E-state index is 11.9. The molecule has 0 bridgehead atoms. The fourth-order valence-electron chi connectivity index (χ4n) is 1.07. The molecule has 10 heteroatoms. The quantitative estimate of drug-likeness (QED) is 0.543. The second kappa shape index (κ2) is 5.50. The Bertz CT molecular complexity index is 503. The van der Waals surface area contributed by atoms with Crippen LogP contribution in [0.1, 0.15) is 6.42 Å². The number of hydrogen-bond donors (Lipinski definition) is 3. The number of alkyl halides is 3. The zero-order valence-electron chi connectivity index (χ0n) is 9.03. The molecule has 0 aromatic carbocycles. The number of nitrogen functional groups attached to an aromatic ring is 1. The molecule has 0 spiro atoms. The number of hydrogen-bond acceptors (Lipinski definition) is 5. The van der Waals surface area contributed by atoms with Gasteiger partial charge in [-0.2, -0.15) is 13.2 Å². The van der Waals surface area contributed by atoms with Gasteiger partial charge >= 0.3 is 6.18 Å². The summed E-state index contributed by atoms with van der Waals surface area (Å²) in [4.78, 5) is 3.47. The SMILES string of the molecule is NNc1cc(S(=O)(=O)NCCC(F)(F)F)ccn1. The minimum Gasteiger partial charge on any atom is -0.308 e. The summed E-state index contributed by atoms with van der Waals surface area (Å²) in [6, 6.07) is 2.26. The first-order chi connectivity index (χ1) is 8.24. The van der Waals surface area contributed by atoms with Crippen molar-refractivity contribution in [2.45, 2.75) is 17.5 Å². The van der Waals surface area contributed by atoms with Gasteiger partial charge < -0.3 is 5.43 Å². The summed E-state index contributed by atoms with van der Waals surface area (Å²) < 4.78 is 60.7. The molecule has 1 heterocycles. The van der Waals surface area contributed by atoms with Crippen molar-refractivity contribution in [3.05, 3.63) is 18.3 Å². The Morgan fingerprint density at radius 1 is 1.39 bits per heavy atom. The average molecular weight is 284 g/mol. The van der Waals surface area contributed by atoms with Gasteiger partial charge in [0.25, 0.3) is 0 Å². The van der Waals surface area contributed by atoms with Crippen molar-refractivity contribution in [1.82, 2.24) is 9.71 Å². The number of aromatic nitrogens is 1. The van der Waals surface area contributed by atoms with Gasteiger partial charge in [0.1, 0.15) is 5.82 Å². The van der Waals surface area contributed by atoms with Gasteiger partial charge in [-0.15, -0.1) is 0 Å². The van der Waals surface area contributed by atoms with Crippen LogP contribution < -0.4 is 16.0 Å². The summed E-state index contributed by atoms with van der Waals surface area (Å²) in [6.07, 6.45) is -4.47. The van der Waals surface area contributed by atoms with Gasteiger partial charge in [0, 0.05) is 18.8 Å². The van der Waals surface area contributed by atoms with E-state index in [0.717, 1.165) is 12.1 Å². The molecular weight excluding hydrogens is 273 g/mol. The smallest absolute Gasteiger partial charge is 0.308 e. The van der Waals surface area contributed by atoms with Crippen molar-refractivity contribution in [2.24, 2.45) is 5.84 Å². The van der Waals surface area contributed by atoms with Crippen molar-refractivity contribution in [3.63, 3.8) is 0 Å². The highest BCUT2D eigenvalue weighted by atomic mass is 32.2. The lowest BCUT2D eigenvalue weighted by Crippen LogP contribution is -2.28. The van der Waals surface area contributed by atoms with E-state index < -0.39 is 29.2 Å². The standard InChI is InChI=1S/C8H11F3N4O2S/c9-8(10,11)2-4-14-18(16,17)6-1-3-13-7(5-6)15-12/h1,3,5,14H,2,4,12H2,(H,13,15). The van der Waals surface area contributed by atoms with Gasteiger partial charge in [0.15, 0.2) is 0 Å². The first-order valence-electron chi connectivity index (χ1n) is 4.74. The number of anilines is 1. The fraction of sp³-hybridized carbons (Fsp3) is 0.375. The predicted octanol–water partition coefficient (Wildman–Crippen LogP) is 0.598.